The zero-order valence-corrected chi connectivity index (χ0v) is 6.43. The second kappa shape index (κ2) is 3.92. The van der Waals surface area contributed by atoms with Crippen molar-refractivity contribution >= 4 is 23.5 Å². The lowest BCUT2D eigenvalue weighted by Gasteiger charge is -1.96. The molecule has 0 unspecified atom stereocenters. The molecule has 1 heterocycles. The Kier molecular flexibility index (Phi) is 2.85. The maximum Gasteiger partial charge on any atom is 0.227 e. The molecule has 0 fully saturated rings. The average molecular weight is 175 g/mol. The monoisotopic (exact) mass is 174 g/mol. The quantitative estimate of drug-likeness (QED) is 0.651. The largest absolute Gasteiger partial charge is 0.295 e. The molecule has 0 aliphatic carbocycles. The van der Waals surface area contributed by atoms with Gasteiger partial charge in [0, 0.05) is 12.3 Å². The van der Waals surface area contributed by atoms with Gasteiger partial charge in [0.05, 0.1) is 0 Å². The Hall–Kier alpha value is -1.10. The summed E-state index contributed by atoms with van der Waals surface area (Å²) in [6.45, 7) is 0. The Morgan fingerprint density at radius 1 is 1.82 bits per heavy atom. The lowest BCUT2D eigenvalue weighted by atomic mass is 10.4. The molecule has 0 radical (unpaired) electrons. The van der Waals surface area contributed by atoms with Crippen molar-refractivity contribution < 1.29 is 4.79 Å². The molecule has 0 aromatic carbocycles. The number of nitrogens with zero attached hydrogens (tertiary/aromatic N) is 2. The van der Waals surface area contributed by atoms with Gasteiger partial charge in [-0.2, -0.15) is 10.1 Å². The molecule has 1 aromatic heterocycles. The molecular weight excluding hydrogens is 168 g/mol. The summed E-state index contributed by atoms with van der Waals surface area (Å²) >= 11 is 5.33. The number of aromatic amines is 1. The number of alkyl halides is 1. The molecule has 11 heavy (non-hydrogen) atoms. The minimum atomic E-state index is -0.170. The summed E-state index contributed by atoms with van der Waals surface area (Å²) in [5, 5.41) is 8.51. The van der Waals surface area contributed by atoms with E-state index >= 15 is 0 Å². The zero-order chi connectivity index (χ0) is 8.10. The first-order chi connectivity index (χ1) is 5.33. The summed E-state index contributed by atoms with van der Waals surface area (Å²) in [7, 11) is 0. The Morgan fingerprint density at radius 3 is 3.18 bits per heavy atom. The minimum Gasteiger partial charge on any atom is -0.295 e. The SMILES string of the molecule is O=C(CCCl)Nc1ncn[nH]1. The van der Waals surface area contributed by atoms with Crippen LogP contribution in [0.25, 0.3) is 0 Å². The number of rotatable bonds is 3. The Balaban J connectivity index is 2.37. The molecule has 1 amide bonds. The molecule has 6 heteroatoms. The van der Waals surface area contributed by atoms with E-state index in [4.69, 9.17) is 11.6 Å². The lowest BCUT2D eigenvalue weighted by Crippen LogP contribution is -2.12. The molecule has 1 aromatic rings. The smallest absolute Gasteiger partial charge is 0.227 e. The van der Waals surface area contributed by atoms with E-state index < -0.39 is 0 Å². The number of amides is 1. The number of carbonyl (C=O) groups excluding carboxylic acids is 1. The number of carbonyl (C=O) groups is 1. The van der Waals surface area contributed by atoms with E-state index in [1.165, 1.54) is 6.33 Å². The van der Waals surface area contributed by atoms with Crippen LogP contribution in [0.15, 0.2) is 6.33 Å². The van der Waals surface area contributed by atoms with Crippen LogP contribution in [0.5, 0.6) is 0 Å². The van der Waals surface area contributed by atoms with Gasteiger partial charge in [-0.25, -0.2) is 5.10 Å². The topological polar surface area (TPSA) is 70.7 Å². The van der Waals surface area contributed by atoms with Crippen molar-refractivity contribution in [1.29, 1.82) is 0 Å². The maximum atomic E-state index is 10.8. The first-order valence-electron chi connectivity index (χ1n) is 3.04. The molecule has 60 valence electrons. The van der Waals surface area contributed by atoms with Gasteiger partial charge in [0.1, 0.15) is 6.33 Å². The fraction of sp³-hybridized carbons (Fsp3) is 0.400. The molecule has 5 nitrogen and oxygen atoms in total. The first-order valence-corrected chi connectivity index (χ1v) is 3.57. The minimum absolute atomic E-state index is 0.170. The molecule has 0 bridgehead atoms. The van der Waals surface area contributed by atoms with Gasteiger partial charge in [0.2, 0.25) is 11.9 Å². The van der Waals surface area contributed by atoms with Crippen molar-refractivity contribution in [3.05, 3.63) is 6.33 Å². The van der Waals surface area contributed by atoms with Gasteiger partial charge in [0.15, 0.2) is 0 Å². The van der Waals surface area contributed by atoms with Crippen LogP contribution in [-0.2, 0) is 4.79 Å². The number of hydrogen-bond acceptors (Lipinski definition) is 3. The molecule has 0 aliphatic heterocycles. The van der Waals surface area contributed by atoms with Crippen molar-refractivity contribution in [2.24, 2.45) is 0 Å². The standard InChI is InChI=1S/C5H7ClN4O/c6-2-1-4(11)9-5-7-3-8-10-5/h3H,1-2H2,(H2,7,8,9,10,11). The summed E-state index contributed by atoms with van der Waals surface area (Å²) in [4.78, 5) is 14.5. The third-order valence-electron chi connectivity index (χ3n) is 0.994. The van der Waals surface area contributed by atoms with E-state index in [9.17, 15) is 4.79 Å². The second-order valence-electron chi connectivity index (χ2n) is 1.82. The number of hydrogen-bond donors (Lipinski definition) is 2. The van der Waals surface area contributed by atoms with Crippen molar-refractivity contribution in [2.75, 3.05) is 11.2 Å². The van der Waals surface area contributed by atoms with Gasteiger partial charge in [-0.1, -0.05) is 0 Å². The summed E-state index contributed by atoms with van der Waals surface area (Å²) < 4.78 is 0. The van der Waals surface area contributed by atoms with E-state index in [1.54, 1.807) is 0 Å². The number of H-pyrrole nitrogens is 1. The first kappa shape index (κ1) is 8.00. The van der Waals surface area contributed by atoms with Gasteiger partial charge < -0.3 is 0 Å². The lowest BCUT2D eigenvalue weighted by molar-refractivity contribution is -0.115. The van der Waals surface area contributed by atoms with Gasteiger partial charge in [0.25, 0.3) is 0 Å². The molecule has 0 saturated heterocycles. The van der Waals surface area contributed by atoms with Crippen LogP contribution in [0.1, 0.15) is 6.42 Å². The predicted octanol–water partition coefficient (Wildman–Crippen LogP) is 0.372. The summed E-state index contributed by atoms with van der Waals surface area (Å²) in [5.74, 6) is 0.483. The summed E-state index contributed by atoms with van der Waals surface area (Å²) in [6, 6.07) is 0. The van der Waals surface area contributed by atoms with Crippen LogP contribution < -0.4 is 5.32 Å². The Morgan fingerprint density at radius 2 is 2.64 bits per heavy atom. The zero-order valence-electron chi connectivity index (χ0n) is 5.67. The Labute approximate surface area is 68.2 Å². The van der Waals surface area contributed by atoms with E-state index in [2.05, 4.69) is 20.5 Å². The van der Waals surface area contributed by atoms with Gasteiger partial charge >= 0.3 is 0 Å². The third-order valence-corrected chi connectivity index (χ3v) is 1.18. The number of anilines is 1. The number of aromatic nitrogens is 3. The van der Waals surface area contributed by atoms with Gasteiger partial charge in [-0.05, 0) is 0 Å². The molecule has 0 aliphatic rings. The normalized spacial score (nSPS) is 9.55. The highest BCUT2D eigenvalue weighted by Crippen LogP contribution is 1.94. The van der Waals surface area contributed by atoms with Crippen molar-refractivity contribution in [3.63, 3.8) is 0 Å². The molecule has 1 rings (SSSR count). The van der Waals surface area contributed by atoms with Gasteiger partial charge in [-0.3, -0.25) is 10.1 Å². The highest BCUT2D eigenvalue weighted by atomic mass is 35.5. The second-order valence-corrected chi connectivity index (χ2v) is 2.20. The number of halogens is 1. The van der Waals surface area contributed by atoms with Crippen LogP contribution >= 0.6 is 11.6 Å². The maximum absolute atomic E-state index is 10.8. The fourth-order valence-electron chi connectivity index (χ4n) is 0.546. The van der Waals surface area contributed by atoms with Crippen molar-refractivity contribution in [2.45, 2.75) is 6.42 Å². The van der Waals surface area contributed by atoms with Crippen LogP contribution in [0.4, 0.5) is 5.95 Å². The van der Waals surface area contributed by atoms with Crippen LogP contribution in [-0.4, -0.2) is 27.0 Å². The van der Waals surface area contributed by atoms with Crippen LogP contribution in [0.3, 0.4) is 0 Å². The highest BCUT2D eigenvalue weighted by Gasteiger charge is 2.01. The van der Waals surface area contributed by atoms with Crippen molar-refractivity contribution in [3.8, 4) is 0 Å². The summed E-state index contributed by atoms with van der Waals surface area (Å²) in [6.07, 6.45) is 1.60. The Bertz CT molecular complexity index is 222. The van der Waals surface area contributed by atoms with Gasteiger partial charge in [-0.15, -0.1) is 11.6 Å². The third kappa shape index (κ3) is 2.55. The van der Waals surface area contributed by atoms with Crippen molar-refractivity contribution in [1.82, 2.24) is 15.2 Å². The molecule has 0 atom stereocenters. The van der Waals surface area contributed by atoms with Crippen LogP contribution in [0, 0.1) is 0 Å². The average Bonchev–Trinajstić information content (AvgIpc) is 2.40. The molecule has 2 N–H and O–H groups in total. The molecular formula is C5H7ClN4O. The predicted molar refractivity (Wildman–Crippen MR) is 40.3 cm³/mol. The van der Waals surface area contributed by atoms with E-state index in [0.29, 0.717) is 11.8 Å². The fourth-order valence-corrected chi connectivity index (χ4v) is 0.718. The molecule has 0 saturated carbocycles. The van der Waals surface area contributed by atoms with E-state index in [-0.39, 0.29) is 12.3 Å². The highest BCUT2D eigenvalue weighted by molar-refractivity contribution is 6.19. The number of nitrogens with one attached hydrogen (secondary N) is 2. The van der Waals surface area contributed by atoms with E-state index in [0.717, 1.165) is 0 Å². The summed E-state index contributed by atoms with van der Waals surface area (Å²) in [5.41, 5.74) is 0. The van der Waals surface area contributed by atoms with E-state index in [1.807, 2.05) is 0 Å². The van der Waals surface area contributed by atoms with Crippen LogP contribution in [0.2, 0.25) is 0 Å². The molecule has 0 spiro atoms.